The Hall–Kier alpha value is -2.91. The molecule has 1 aromatic heterocycles. The molecule has 1 aliphatic rings. The van der Waals surface area contributed by atoms with Crippen molar-refractivity contribution in [3.8, 4) is 0 Å². The van der Waals surface area contributed by atoms with E-state index >= 15 is 0 Å². The Labute approximate surface area is 185 Å². The molecule has 1 aromatic carbocycles. The van der Waals surface area contributed by atoms with Crippen LogP contribution in [-0.2, 0) is 22.5 Å². The Balaban J connectivity index is 1.66. The minimum Gasteiger partial charge on any atom is -0.368 e. The van der Waals surface area contributed by atoms with Gasteiger partial charge in [0.2, 0.25) is 11.9 Å². The monoisotopic (exact) mass is 446 g/mol. The van der Waals surface area contributed by atoms with Crippen LogP contribution in [0.25, 0.3) is 0 Å². The van der Waals surface area contributed by atoms with E-state index in [0.29, 0.717) is 34.4 Å². The third-order valence-corrected chi connectivity index (χ3v) is 5.46. The third kappa shape index (κ3) is 6.80. The number of aromatic nitrogens is 2. The Kier molecular flexibility index (Phi) is 7.64. The number of nitrogens with one attached hydrogen (secondary N) is 4. The van der Waals surface area contributed by atoms with Crippen molar-refractivity contribution < 1.29 is 9.63 Å². The van der Waals surface area contributed by atoms with E-state index in [2.05, 4.69) is 20.8 Å². The number of nitrogens with zero attached hydrogens (tertiary/aromatic N) is 1. The van der Waals surface area contributed by atoms with Crippen molar-refractivity contribution in [2.24, 2.45) is 11.7 Å². The van der Waals surface area contributed by atoms with Crippen LogP contribution in [0.15, 0.2) is 29.1 Å². The third-order valence-electron chi connectivity index (χ3n) is 5.20. The Morgan fingerprint density at radius 1 is 1.35 bits per heavy atom. The molecule has 0 saturated heterocycles. The first-order valence-corrected chi connectivity index (χ1v) is 10.5. The molecule has 0 spiro atoms. The summed E-state index contributed by atoms with van der Waals surface area (Å²) in [5.74, 6) is 0.173. The number of guanidine groups is 1. The van der Waals surface area contributed by atoms with Crippen LogP contribution in [0, 0.1) is 18.3 Å². The van der Waals surface area contributed by atoms with E-state index in [4.69, 9.17) is 27.6 Å². The number of aromatic amines is 1. The lowest BCUT2D eigenvalue weighted by molar-refractivity contribution is -0.120. The van der Waals surface area contributed by atoms with Crippen molar-refractivity contribution in [1.29, 1.82) is 5.41 Å². The molecule has 1 saturated carbocycles. The average molecular weight is 447 g/mol. The summed E-state index contributed by atoms with van der Waals surface area (Å²) in [4.78, 5) is 37.1. The van der Waals surface area contributed by atoms with Crippen LogP contribution < -0.4 is 22.1 Å². The van der Waals surface area contributed by atoms with Crippen LogP contribution in [0.2, 0.25) is 5.02 Å². The van der Waals surface area contributed by atoms with Gasteiger partial charge in [0, 0.05) is 23.7 Å². The maximum Gasteiger partial charge on any atom is 0.269 e. The smallest absolute Gasteiger partial charge is 0.269 e. The van der Waals surface area contributed by atoms with Crippen molar-refractivity contribution in [2.45, 2.75) is 38.5 Å². The largest absolute Gasteiger partial charge is 0.368 e. The van der Waals surface area contributed by atoms with Gasteiger partial charge in [-0.25, -0.2) is 10.5 Å². The summed E-state index contributed by atoms with van der Waals surface area (Å²) in [6.45, 7) is 2.13. The number of hydrogen-bond donors (Lipinski definition) is 5. The molecule has 1 heterocycles. The lowest BCUT2D eigenvalue weighted by Gasteiger charge is -2.17. The normalized spacial score (nSPS) is 14.1. The van der Waals surface area contributed by atoms with Gasteiger partial charge in [-0.2, -0.15) is 0 Å². The molecule has 6 N–H and O–H groups in total. The molecule has 1 fully saturated rings. The lowest BCUT2D eigenvalue weighted by Crippen LogP contribution is -2.35. The molecule has 0 aliphatic heterocycles. The zero-order chi connectivity index (χ0) is 22.4. The van der Waals surface area contributed by atoms with Gasteiger partial charge in [-0.1, -0.05) is 23.7 Å². The van der Waals surface area contributed by atoms with Gasteiger partial charge in [-0.15, -0.1) is 0 Å². The number of carbonyl (C=O) groups is 1. The standard InChI is InChI=1S/C21H27ClN6O3/c1-12-17(11-19(29)25-8-9-31-28-21(23)24)27-18(20(30)26-12)10-16(13-2-3-13)14-4-6-15(22)7-5-14/h4-7,13,16H,2-3,8-11H2,1H3,(H,25,29)(H,26,30)(H4,23,24,28). The first-order valence-electron chi connectivity index (χ1n) is 10.2. The highest BCUT2D eigenvalue weighted by Gasteiger charge is 2.33. The summed E-state index contributed by atoms with van der Waals surface area (Å²) in [7, 11) is 0. The van der Waals surface area contributed by atoms with E-state index in [1.165, 1.54) is 0 Å². The number of nitrogens with two attached hydrogens (primary N) is 1. The molecular weight excluding hydrogens is 420 g/mol. The van der Waals surface area contributed by atoms with Crippen LogP contribution in [0.4, 0.5) is 0 Å². The van der Waals surface area contributed by atoms with E-state index in [0.717, 1.165) is 18.4 Å². The first kappa shape index (κ1) is 22.8. The molecule has 1 atom stereocenters. The summed E-state index contributed by atoms with van der Waals surface area (Å²) < 4.78 is 0. The Bertz CT molecular complexity index is 988. The number of H-pyrrole nitrogens is 1. The predicted octanol–water partition coefficient (Wildman–Crippen LogP) is 1.54. The molecule has 10 heteroatoms. The molecule has 0 radical (unpaired) electrons. The first-order chi connectivity index (χ1) is 14.8. The molecule has 166 valence electrons. The highest BCUT2D eigenvalue weighted by Crippen LogP contribution is 2.44. The van der Waals surface area contributed by atoms with Gasteiger partial charge in [0.15, 0.2) is 0 Å². The number of halogens is 1. The summed E-state index contributed by atoms with van der Waals surface area (Å²) >= 11 is 6.02. The van der Waals surface area contributed by atoms with Crippen molar-refractivity contribution in [1.82, 2.24) is 20.8 Å². The lowest BCUT2D eigenvalue weighted by atomic mass is 9.90. The molecule has 1 unspecified atom stereocenters. The number of aryl methyl sites for hydroxylation is 1. The minimum atomic E-state index is -0.310. The summed E-state index contributed by atoms with van der Waals surface area (Å²) in [5, 5.41) is 10.4. The van der Waals surface area contributed by atoms with Gasteiger partial charge in [-0.3, -0.25) is 19.8 Å². The minimum absolute atomic E-state index is 0.0464. The quantitative estimate of drug-likeness (QED) is 0.162. The molecule has 2 aromatic rings. The molecule has 3 rings (SSSR count). The predicted molar refractivity (Wildman–Crippen MR) is 118 cm³/mol. The zero-order valence-electron chi connectivity index (χ0n) is 17.3. The average Bonchev–Trinajstić information content (AvgIpc) is 3.54. The molecular formula is C21H27ClN6O3. The van der Waals surface area contributed by atoms with Crippen molar-refractivity contribution in [3.05, 3.63) is 62.3 Å². The van der Waals surface area contributed by atoms with Crippen LogP contribution in [0.5, 0.6) is 0 Å². The maximum atomic E-state index is 12.6. The van der Waals surface area contributed by atoms with Gasteiger partial charge in [0.25, 0.3) is 5.56 Å². The van der Waals surface area contributed by atoms with Crippen molar-refractivity contribution in [3.63, 3.8) is 0 Å². The van der Waals surface area contributed by atoms with E-state index in [-0.39, 0.29) is 42.9 Å². The second kappa shape index (κ2) is 10.4. The fraction of sp³-hybridized carbons (Fsp3) is 0.429. The van der Waals surface area contributed by atoms with E-state index in [1.54, 1.807) is 6.92 Å². The van der Waals surface area contributed by atoms with Gasteiger partial charge >= 0.3 is 0 Å². The summed E-state index contributed by atoms with van der Waals surface area (Å²) in [6.07, 6.45) is 2.83. The fourth-order valence-corrected chi connectivity index (χ4v) is 3.61. The Morgan fingerprint density at radius 2 is 2.06 bits per heavy atom. The molecule has 0 bridgehead atoms. The van der Waals surface area contributed by atoms with Gasteiger partial charge in [0.05, 0.1) is 18.7 Å². The SMILES string of the molecule is Cc1[nH]c(=O)c(CC(c2ccc(Cl)cc2)C2CC2)nc1CC(=O)NCCONC(=N)N. The summed E-state index contributed by atoms with van der Waals surface area (Å²) in [5.41, 5.74) is 9.77. The van der Waals surface area contributed by atoms with Crippen LogP contribution >= 0.6 is 11.6 Å². The van der Waals surface area contributed by atoms with Gasteiger partial charge in [-0.05, 0) is 49.3 Å². The number of amides is 1. The summed E-state index contributed by atoms with van der Waals surface area (Å²) in [6, 6.07) is 7.74. The highest BCUT2D eigenvalue weighted by atomic mass is 35.5. The molecule has 1 aliphatic carbocycles. The molecule has 1 amide bonds. The van der Waals surface area contributed by atoms with Crippen molar-refractivity contribution >= 4 is 23.5 Å². The van der Waals surface area contributed by atoms with Crippen LogP contribution in [0.1, 0.15) is 41.4 Å². The number of hydroxylamine groups is 1. The van der Waals surface area contributed by atoms with Gasteiger partial charge < -0.3 is 16.0 Å². The van der Waals surface area contributed by atoms with E-state index in [9.17, 15) is 9.59 Å². The maximum absolute atomic E-state index is 12.6. The van der Waals surface area contributed by atoms with Crippen molar-refractivity contribution in [2.75, 3.05) is 13.2 Å². The highest BCUT2D eigenvalue weighted by molar-refractivity contribution is 6.30. The Morgan fingerprint density at radius 3 is 2.71 bits per heavy atom. The number of carbonyl (C=O) groups excluding carboxylic acids is 1. The van der Waals surface area contributed by atoms with Crippen LogP contribution in [-0.4, -0.2) is 35.0 Å². The number of hydrogen-bond acceptors (Lipinski definition) is 5. The molecule has 31 heavy (non-hydrogen) atoms. The fourth-order valence-electron chi connectivity index (χ4n) is 3.48. The second-order valence-electron chi connectivity index (χ2n) is 7.67. The zero-order valence-corrected chi connectivity index (χ0v) is 18.1. The van der Waals surface area contributed by atoms with E-state index < -0.39 is 0 Å². The number of rotatable bonds is 10. The topological polar surface area (TPSA) is 146 Å². The van der Waals surface area contributed by atoms with Gasteiger partial charge in [0.1, 0.15) is 5.69 Å². The van der Waals surface area contributed by atoms with E-state index in [1.807, 2.05) is 24.3 Å². The number of benzene rings is 1. The molecule has 9 nitrogen and oxygen atoms in total. The second-order valence-corrected chi connectivity index (χ2v) is 8.11. The van der Waals surface area contributed by atoms with Crippen LogP contribution in [0.3, 0.4) is 0 Å².